The smallest absolute Gasteiger partial charge is 0.133 e. The van der Waals surface area contributed by atoms with Gasteiger partial charge in [0.2, 0.25) is 0 Å². The molecule has 1 aromatic heterocycles. The Labute approximate surface area is 127 Å². The van der Waals surface area contributed by atoms with Gasteiger partial charge >= 0.3 is 0 Å². The Kier molecular flexibility index (Phi) is 6.32. The monoisotopic (exact) mass is 286 g/mol. The predicted octanol–water partition coefficient (Wildman–Crippen LogP) is 5.02. The predicted molar refractivity (Wildman–Crippen MR) is 90.2 cm³/mol. The van der Waals surface area contributed by atoms with Gasteiger partial charge in [0.05, 0.1) is 7.11 Å². The van der Waals surface area contributed by atoms with E-state index in [1.807, 2.05) is 24.4 Å². The zero-order valence-electron chi connectivity index (χ0n) is 13.2. The van der Waals surface area contributed by atoms with Crippen molar-refractivity contribution in [3.05, 3.63) is 30.5 Å². The molecule has 0 aliphatic rings. The number of methoxy groups -OCH3 is 1. The topological polar surface area (TPSA) is 34.2 Å². The highest BCUT2D eigenvalue weighted by Gasteiger charge is 2.05. The van der Waals surface area contributed by atoms with E-state index in [2.05, 4.69) is 23.3 Å². The van der Waals surface area contributed by atoms with Crippen LogP contribution in [0.5, 0.6) is 5.75 Å². The van der Waals surface area contributed by atoms with Gasteiger partial charge in [-0.25, -0.2) is 4.98 Å². The molecule has 1 N–H and O–H groups in total. The standard InChI is InChI=1S/C18H26N2O/c1-3-4-5-6-7-8-13-19-18-16-10-9-11-17(21-2)15(16)12-14-20-18/h9-12,14H,3-8,13H2,1-2H3,(H,19,20). The maximum Gasteiger partial charge on any atom is 0.133 e. The lowest BCUT2D eigenvalue weighted by atomic mass is 10.1. The molecule has 0 saturated carbocycles. The van der Waals surface area contributed by atoms with E-state index in [9.17, 15) is 0 Å². The fraction of sp³-hybridized carbons (Fsp3) is 0.500. The van der Waals surface area contributed by atoms with E-state index in [0.29, 0.717) is 0 Å². The van der Waals surface area contributed by atoms with Crippen LogP contribution in [0.1, 0.15) is 45.4 Å². The van der Waals surface area contributed by atoms with Gasteiger partial charge in [0.15, 0.2) is 0 Å². The van der Waals surface area contributed by atoms with Gasteiger partial charge in [0.25, 0.3) is 0 Å². The maximum atomic E-state index is 5.41. The van der Waals surface area contributed by atoms with E-state index < -0.39 is 0 Å². The van der Waals surface area contributed by atoms with Crippen LogP contribution in [0.3, 0.4) is 0 Å². The number of nitrogens with one attached hydrogen (secondary N) is 1. The number of ether oxygens (including phenoxy) is 1. The number of rotatable bonds is 9. The number of anilines is 1. The van der Waals surface area contributed by atoms with E-state index in [0.717, 1.165) is 28.9 Å². The molecule has 0 atom stereocenters. The van der Waals surface area contributed by atoms with Gasteiger partial charge in [0, 0.05) is 23.5 Å². The van der Waals surface area contributed by atoms with Crippen LogP contribution >= 0.6 is 0 Å². The van der Waals surface area contributed by atoms with Crippen LogP contribution in [0.2, 0.25) is 0 Å². The first-order valence-electron chi connectivity index (χ1n) is 8.02. The van der Waals surface area contributed by atoms with Gasteiger partial charge in [-0.3, -0.25) is 0 Å². The SMILES string of the molecule is CCCCCCCCNc1nccc2c(OC)cccc12. The van der Waals surface area contributed by atoms with Gasteiger partial charge in [0.1, 0.15) is 11.6 Å². The number of hydrogen-bond acceptors (Lipinski definition) is 3. The van der Waals surface area contributed by atoms with Gasteiger partial charge in [-0.1, -0.05) is 51.2 Å². The fourth-order valence-corrected chi connectivity index (χ4v) is 2.61. The molecule has 1 aromatic carbocycles. The summed E-state index contributed by atoms with van der Waals surface area (Å²) in [5, 5.41) is 5.70. The minimum absolute atomic E-state index is 0.900. The summed E-state index contributed by atoms with van der Waals surface area (Å²) in [5.41, 5.74) is 0. The molecule has 0 aliphatic carbocycles. The second-order valence-electron chi connectivity index (χ2n) is 5.41. The molecule has 0 spiro atoms. The quantitative estimate of drug-likeness (QED) is 0.657. The molecule has 2 aromatic rings. The fourth-order valence-electron chi connectivity index (χ4n) is 2.61. The van der Waals surface area contributed by atoms with Crippen molar-refractivity contribution < 1.29 is 4.74 Å². The number of fused-ring (bicyclic) bond motifs is 1. The van der Waals surface area contributed by atoms with Gasteiger partial charge in [-0.05, 0) is 18.6 Å². The number of unbranched alkanes of at least 4 members (excludes halogenated alkanes) is 5. The Hall–Kier alpha value is -1.77. The Balaban J connectivity index is 1.90. The lowest BCUT2D eigenvalue weighted by Gasteiger charge is -2.10. The van der Waals surface area contributed by atoms with Crippen molar-refractivity contribution in [3.8, 4) is 5.75 Å². The second kappa shape index (κ2) is 8.50. The number of pyridine rings is 1. The van der Waals surface area contributed by atoms with Crippen LogP contribution in [0.25, 0.3) is 10.8 Å². The van der Waals surface area contributed by atoms with E-state index in [-0.39, 0.29) is 0 Å². The Morgan fingerprint density at radius 3 is 2.62 bits per heavy atom. The van der Waals surface area contributed by atoms with Crippen LogP contribution in [0.4, 0.5) is 5.82 Å². The zero-order valence-corrected chi connectivity index (χ0v) is 13.2. The van der Waals surface area contributed by atoms with Crippen molar-refractivity contribution in [3.63, 3.8) is 0 Å². The minimum atomic E-state index is 0.900. The normalized spacial score (nSPS) is 10.8. The molecule has 114 valence electrons. The average Bonchev–Trinajstić information content (AvgIpc) is 2.53. The number of aromatic nitrogens is 1. The van der Waals surface area contributed by atoms with Gasteiger partial charge in [-0.2, -0.15) is 0 Å². The van der Waals surface area contributed by atoms with Gasteiger partial charge < -0.3 is 10.1 Å². The lowest BCUT2D eigenvalue weighted by Crippen LogP contribution is -2.04. The first-order valence-corrected chi connectivity index (χ1v) is 8.02. The van der Waals surface area contributed by atoms with E-state index in [4.69, 9.17) is 4.74 Å². The molecule has 0 fully saturated rings. The summed E-state index contributed by atoms with van der Waals surface area (Å²) in [4.78, 5) is 4.46. The largest absolute Gasteiger partial charge is 0.496 e. The van der Waals surface area contributed by atoms with Crippen molar-refractivity contribution in [1.82, 2.24) is 4.98 Å². The third kappa shape index (κ3) is 4.35. The molecule has 21 heavy (non-hydrogen) atoms. The maximum absolute atomic E-state index is 5.41. The first kappa shape index (κ1) is 15.6. The van der Waals surface area contributed by atoms with E-state index >= 15 is 0 Å². The Morgan fingerprint density at radius 1 is 1.00 bits per heavy atom. The number of benzene rings is 1. The summed E-state index contributed by atoms with van der Waals surface area (Å²) < 4.78 is 5.41. The van der Waals surface area contributed by atoms with Crippen LogP contribution in [0.15, 0.2) is 30.5 Å². The number of hydrogen-bond donors (Lipinski definition) is 1. The van der Waals surface area contributed by atoms with Crippen LogP contribution in [-0.4, -0.2) is 18.6 Å². The molecule has 2 rings (SSSR count). The summed E-state index contributed by atoms with van der Waals surface area (Å²) in [7, 11) is 1.71. The highest BCUT2D eigenvalue weighted by atomic mass is 16.5. The molecule has 0 amide bonds. The summed E-state index contributed by atoms with van der Waals surface area (Å²) >= 11 is 0. The Morgan fingerprint density at radius 2 is 1.81 bits per heavy atom. The molecule has 0 bridgehead atoms. The average molecular weight is 286 g/mol. The third-order valence-electron chi connectivity index (χ3n) is 3.81. The molecule has 0 saturated heterocycles. The lowest BCUT2D eigenvalue weighted by molar-refractivity contribution is 0.420. The minimum Gasteiger partial charge on any atom is -0.496 e. The molecular formula is C18H26N2O. The molecule has 0 aliphatic heterocycles. The number of nitrogens with zero attached hydrogens (tertiary/aromatic N) is 1. The summed E-state index contributed by atoms with van der Waals surface area (Å²) in [6, 6.07) is 8.09. The molecular weight excluding hydrogens is 260 g/mol. The zero-order chi connectivity index (χ0) is 14.9. The second-order valence-corrected chi connectivity index (χ2v) is 5.41. The molecule has 0 radical (unpaired) electrons. The van der Waals surface area contributed by atoms with E-state index in [1.165, 1.54) is 38.5 Å². The molecule has 3 nitrogen and oxygen atoms in total. The third-order valence-corrected chi connectivity index (χ3v) is 3.81. The highest BCUT2D eigenvalue weighted by molar-refractivity contribution is 5.95. The van der Waals surface area contributed by atoms with E-state index in [1.54, 1.807) is 7.11 Å². The molecule has 1 heterocycles. The van der Waals surface area contributed by atoms with Crippen LogP contribution in [0, 0.1) is 0 Å². The highest BCUT2D eigenvalue weighted by Crippen LogP contribution is 2.28. The summed E-state index contributed by atoms with van der Waals surface area (Å²) in [5.74, 6) is 1.86. The van der Waals surface area contributed by atoms with Crippen molar-refractivity contribution >= 4 is 16.6 Å². The van der Waals surface area contributed by atoms with Crippen LogP contribution < -0.4 is 10.1 Å². The molecule has 0 unspecified atom stereocenters. The van der Waals surface area contributed by atoms with Crippen molar-refractivity contribution in [2.75, 3.05) is 19.0 Å². The Bertz CT molecular complexity index is 554. The summed E-state index contributed by atoms with van der Waals surface area (Å²) in [6.45, 7) is 3.23. The van der Waals surface area contributed by atoms with Crippen molar-refractivity contribution in [2.45, 2.75) is 45.4 Å². The van der Waals surface area contributed by atoms with Crippen molar-refractivity contribution in [2.24, 2.45) is 0 Å². The van der Waals surface area contributed by atoms with Crippen LogP contribution in [-0.2, 0) is 0 Å². The summed E-state index contributed by atoms with van der Waals surface area (Å²) in [6.07, 6.45) is 9.70. The van der Waals surface area contributed by atoms with Gasteiger partial charge in [-0.15, -0.1) is 0 Å². The molecule has 3 heteroatoms. The first-order chi connectivity index (χ1) is 10.4. The van der Waals surface area contributed by atoms with Crippen molar-refractivity contribution in [1.29, 1.82) is 0 Å².